The third-order valence-electron chi connectivity index (χ3n) is 4.01. The van der Waals surface area contributed by atoms with Crippen LogP contribution in [0.4, 0.5) is 0 Å². The van der Waals surface area contributed by atoms with Crippen LogP contribution in [0, 0.1) is 19.8 Å². The van der Waals surface area contributed by atoms with Crippen molar-refractivity contribution in [1.82, 2.24) is 15.5 Å². The summed E-state index contributed by atoms with van der Waals surface area (Å²) in [4.78, 5) is 4.57. The third-order valence-corrected chi connectivity index (χ3v) is 4.01. The molecule has 1 aromatic carbocycles. The van der Waals surface area contributed by atoms with Crippen LogP contribution in [0.3, 0.4) is 0 Å². The van der Waals surface area contributed by atoms with E-state index < -0.39 is 0 Å². The summed E-state index contributed by atoms with van der Waals surface area (Å²) >= 11 is 0. The van der Waals surface area contributed by atoms with E-state index in [-0.39, 0.29) is 0 Å². The molecule has 0 aliphatic carbocycles. The molecule has 20 heavy (non-hydrogen) atoms. The number of hydrogen-bond acceptors (Lipinski definition) is 4. The predicted octanol–water partition coefficient (Wildman–Crippen LogP) is 2.90. The van der Waals surface area contributed by atoms with Gasteiger partial charge >= 0.3 is 0 Å². The van der Waals surface area contributed by atoms with Crippen LogP contribution in [0.1, 0.15) is 29.9 Å². The molecule has 0 atom stereocenters. The largest absolute Gasteiger partial charge is 0.339 e. The maximum atomic E-state index is 5.43. The van der Waals surface area contributed by atoms with Crippen molar-refractivity contribution in [2.45, 2.75) is 33.1 Å². The summed E-state index contributed by atoms with van der Waals surface area (Å²) in [5.74, 6) is 2.15. The van der Waals surface area contributed by atoms with Gasteiger partial charge in [-0.1, -0.05) is 28.9 Å². The average Bonchev–Trinajstić information content (AvgIpc) is 2.88. The first-order valence-electron chi connectivity index (χ1n) is 7.33. The number of aryl methyl sites for hydroxylation is 2. The SMILES string of the molecule is Cc1ccc(-c2noc(CC3CCNCC3)n2)c(C)c1. The monoisotopic (exact) mass is 271 g/mol. The smallest absolute Gasteiger partial charge is 0.227 e. The molecule has 2 heterocycles. The van der Waals surface area contributed by atoms with E-state index in [2.05, 4.69) is 47.5 Å². The van der Waals surface area contributed by atoms with Gasteiger partial charge in [-0.3, -0.25) is 0 Å². The molecule has 1 aliphatic rings. The van der Waals surface area contributed by atoms with Crippen LogP contribution in [-0.4, -0.2) is 23.2 Å². The van der Waals surface area contributed by atoms with Crippen molar-refractivity contribution in [2.24, 2.45) is 5.92 Å². The summed E-state index contributed by atoms with van der Waals surface area (Å²) < 4.78 is 5.43. The minimum absolute atomic E-state index is 0.670. The molecule has 0 spiro atoms. The Morgan fingerprint density at radius 1 is 1.25 bits per heavy atom. The lowest BCUT2D eigenvalue weighted by Crippen LogP contribution is -2.28. The fourth-order valence-electron chi connectivity index (χ4n) is 2.84. The molecule has 1 fully saturated rings. The molecular weight excluding hydrogens is 250 g/mol. The molecule has 4 nitrogen and oxygen atoms in total. The van der Waals surface area contributed by atoms with Gasteiger partial charge in [0.15, 0.2) is 0 Å². The Morgan fingerprint density at radius 3 is 2.80 bits per heavy atom. The fourth-order valence-corrected chi connectivity index (χ4v) is 2.84. The second kappa shape index (κ2) is 5.75. The Bertz CT molecular complexity index is 585. The maximum Gasteiger partial charge on any atom is 0.227 e. The zero-order valence-electron chi connectivity index (χ0n) is 12.1. The van der Waals surface area contributed by atoms with Gasteiger partial charge < -0.3 is 9.84 Å². The number of benzene rings is 1. The van der Waals surface area contributed by atoms with Crippen molar-refractivity contribution < 1.29 is 4.52 Å². The second-order valence-corrected chi connectivity index (χ2v) is 5.73. The molecule has 2 aromatic rings. The summed E-state index contributed by atoms with van der Waals surface area (Å²) in [6.07, 6.45) is 3.29. The lowest BCUT2D eigenvalue weighted by Gasteiger charge is -2.20. The van der Waals surface area contributed by atoms with Gasteiger partial charge in [0.05, 0.1) is 0 Å². The first-order valence-corrected chi connectivity index (χ1v) is 7.33. The van der Waals surface area contributed by atoms with Crippen LogP contribution in [0.2, 0.25) is 0 Å². The molecule has 3 rings (SSSR count). The highest BCUT2D eigenvalue weighted by Gasteiger charge is 2.18. The van der Waals surface area contributed by atoms with E-state index in [0.717, 1.165) is 31.0 Å². The minimum Gasteiger partial charge on any atom is -0.339 e. The highest BCUT2D eigenvalue weighted by Crippen LogP contribution is 2.23. The molecule has 0 unspecified atom stereocenters. The van der Waals surface area contributed by atoms with Crippen molar-refractivity contribution in [1.29, 1.82) is 0 Å². The lowest BCUT2D eigenvalue weighted by atomic mass is 9.95. The predicted molar refractivity (Wildman–Crippen MR) is 78.5 cm³/mol. The van der Waals surface area contributed by atoms with Crippen LogP contribution in [0.5, 0.6) is 0 Å². The standard InChI is InChI=1S/C16H21N3O/c1-11-3-4-14(12(2)9-11)16-18-15(20-19-16)10-13-5-7-17-8-6-13/h3-4,9,13,17H,5-8,10H2,1-2H3. The molecular formula is C16H21N3O. The van der Waals surface area contributed by atoms with Crippen molar-refractivity contribution in [3.63, 3.8) is 0 Å². The Morgan fingerprint density at radius 2 is 2.05 bits per heavy atom. The molecule has 0 bridgehead atoms. The van der Waals surface area contributed by atoms with Crippen LogP contribution in [0.25, 0.3) is 11.4 Å². The number of hydrogen-bond donors (Lipinski definition) is 1. The summed E-state index contributed by atoms with van der Waals surface area (Å²) in [5.41, 5.74) is 3.51. The lowest BCUT2D eigenvalue weighted by molar-refractivity contribution is 0.313. The number of piperidine rings is 1. The summed E-state index contributed by atoms with van der Waals surface area (Å²) in [5, 5.41) is 7.52. The molecule has 0 amide bonds. The van der Waals surface area contributed by atoms with Crippen LogP contribution in [-0.2, 0) is 6.42 Å². The Balaban J connectivity index is 1.75. The van der Waals surface area contributed by atoms with E-state index in [1.165, 1.54) is 24.0 Å². The Labute approximate surface area is 119 Å². The first kappa shape index (κ1) is 13.3. The fraction of sp³-hybridized carbons (Fsp3) is 0.500. The first-order chi connectivity index (χ1) is 9.72. The van der Waals surface area contributed by atoms with Gasteiger partial charge in [-0.25, -0.2) is 0 Å². The normalized spacial score (nSPS) is 16.5. The van der Waals surface area contributed by atoms with Crippen molar-refractivity contribution in [2.75, 3.05) is 13.1 Å². The van der Waals surface area contributed by atoms with E-state index >= 15 is 0 Å². The number of nitrogens with one attached hydrogen (secondary N) is 1. The summed E-state index contributed by atoms with van der Waals surface area (Å²) in [6, 6.07) is 6.31. The van der Waals surface area contributed by atoms with Crippen molar-refractivity contribution >= 4 is 0 Å². The molecule has 1 saturated heterocycles. The van der Waals surface area contributed by atoms with Gasteiger partial charge in [0.25, 0.3) is 0 Å². The summed E-state index contributed by atoms with van der Waals surface area (Å²) in [7, 11) is 0. The van der Waals surface area contributed by atoms with Gasteiger partial charge in [0.1, 0.15) is 0 Å². The number of aromatic nitrogens is 2. The minimum atomic E-state index is 0.670. The Kier molecular flexibility index (Phi) is 3.83. The van der Waals surface area contributed by atoms with Crippen LogP contribution in [0.15, 0.2) is 22.7 Å². The number of rotatable bonds is 3. The van der Waals surface area contributed by atoms with Crippen molar-refractivity contribution in [3.8, 4) is 11.4 Å². The maximum absolute atomic E-state index is 5.43. The third kappa shape index (κ3) is 2.90. The van der Waals surface area contributed by atoms with E-state index in [0.29, 0.717) is 11.7 Å². The topological polar surface area (TPSA) is 51.0 Å². The molecule has 1 N–H and O–H groups in total. The van der Waals surface area contributed by atoms with E-state index in [1.54, 1.807) is 0 Å². The summed E-state index contributed by atoms with van der Waals surface area (Å²) in [6.45, 7) is 6.38. The van der Waals surface area contributed by atoms with Crippen molar-refractivity contribution in [3.05, 3.63) is 35.2 Å². The van der Waals surface area contributed by atoms with Crippen LogP contribution < -0.4 is 5.32 Å². The molecule has 106 valence electrons. The quantitative estimate of drug-likeness (QED) is 0.932. The van der Waals surface area contributed by atoms with Gasteiger partial charge in [-0.05, 0) is 51.3 Å². The molecule has 1 aliphatic heterocycles. The highest BCUT2D eigenvalue weighted by atomic mass is 16.5. The molecule has 0 radical (unpaired) electrons. The molecule has 1 aromatic heterocycles. The molecule has 0 saturated carbocycles. The average molecular weight is 271 g/mol. The van der Waals surface area contributed by atoms with E-state index in [1.807, 2.05) is 0 Å². The van der Waals surface area contributed by atoms with E-state index in [9.17, 15) is 0 Å². The van der Waals surface area contributed by atoms with Gasteiger partial charge in [0, 0.05) is 12.0 Å². The zero-order valence-corrected chi connectivity index (χ0v) is 12.1. The van der Waals surface area contributed by atoms with Gasteiger partial charge in [0.2, 0.25) is 11.7 Å². The van der Waals surface area contributed by atoms with Gasteiger partial charge in [-0.15, -0.1) is 0 Å². The molecule has 4 heteroatoms. The number of nitrogens with zero attached hydrogens (tertiary/aromatic N) is 2. The highest BCUT2D eigenvalue weighted by molar-refractivity contribution is 5.59. The van der Waals surface area contributed by atoms with E-state index in [4.69, 9.17) is 4.52 Å². The zero-order chi connectivity index (χ0) is 13.9. The Hall–Kier alpha value is -1.68. The van der Waals surface area contributed by atoms with Crippen LogP contribution >= 0.6 is 0 Å². The second-order valence-electron chi connectivity index (χ2n) is 5.73. The van der Waals surface area contributed by atoms with Gasteiger partial charge in [-0.2, -0.15) is 4.98 Å².